The molecule has 150 valence electrons. The molecule has 3 amide bonds. The SMILES string of the molecule is C[C@@H](NC(=O)CN1C(=O)Nc2ccc(F)cc2S1(=O)=O)c1ccc(C#N)cc1F. The zero-order chi connectivity index (χ0) is 21.3. The molecule has 1 atom stereocenters. The monoisotopic (exact) mass is 420 g/mol. The van der Waals surface area contributed by atoms with Gasteiger partial charge >= 0.3 is 6.03 Å². The van der Waals surface area contributed by atoms with Crippen molar-refractivity contribution in [1.82, 2.24) is 9.62 Å². The Hall–Kier alpha value is -3.52. The third-order valence-corrected chi connectivity index (χ3v) is 6.01. The van der Waals surface area contributed by atoms with Crippen LogP contribution >= 0.6 is 0 Å². The zero-order valence-corrected chi connectivity index (χ0v) is 15.8. The third-order valence-electron chi connectivity index (χ3n) is 4.24. The minimum Gasteiger partial charge on any atom is -0.348 e. The van der Waals surface area contributed by atoms with Crippen molar-refractivity contribution in [2.24, 2.45) is 0 Å². The second-order valence-corrected chi connectivity index (χ2v) is 8.05. The van der Waals surface area contributed by atoms with Gasteiger partial charge in [0.05, 0.1) is 23.4 Å². The minimum absolute atomic E-state index is 0.0794. The summed E-state index contributed by atoms with van der Waals surface area (Å²) in [5.74, 6) is -2.41. The second kappa shape index (κ2) is 7.48. The van der Waals surface area contributed by atoms with Crippen LogP contribution in [0.15, 0.2) is 41.3 Å². The molecule has 1 aliphatic rings. The molecule has 0 radical (unpaired) electrons. The molecule has 1 heterocycles. The normalized spacial score (nSPS) is 15.7. The number of nitriles is 1. The van der Waals surface area contributed by atoms with Gasteiger partial charge in [0.2, 0.25) is 5.91 Å². The molecule has 0 spiro atoms. The number of halogens is 2. The Morgan fingerprint density at radius 2 is 2.00 bits per heavy atom. The number of carbonyl (C=O) groups excluding carboxylic acids is 2. The molecule has 0 bridgehead atoms. The van der Waals surface area contributed by atoms with Crippen molar-refractivity contribution in [3.8, 4) is 6.07 Å². The van der Waals surface area contributed by atoms with E-state index in [1.54, 1.807) is 6.07 Å². The van der Waals surface area contributed by atoms with Gasteiger partial charge in [-0.3, -0.25) is 4.79 Å². The fourth-order valence-electron chi connectivity index (χ4n) is 2.82. The number of hydrogen-bond donors (Lipinski definition) is 2. The smallest absolute Gasteiger partial charge is 0.336 e. The van der Waals surface area contributed by atoms with Gasteiger partial charge in [-0.25, -0.2) is 26.3 Å². The number of nitrogens with one attached hydrogen (secondary N) is 2. The van der Waals surface area contributed by atoms with Gasteiger partial charge in [-0.05, 0) is 37.3 Å². The van der Waals surface area contributed by atoms with Crippen molar-refractivity contribution in [2.45, 2.75) is 17.9 Å². The van der Waals surface area contributed by atoms with Crippen LogP contribution in [0.2, 0.25) is 0 Å². The largest absolute Gasteiger partial charge is 0.348 e. The number of carbonyl (C=O) groups is 2. The van der Waals surface area contributed by atoms with Gasteiger partial charge in [0, 0.05) is 5.56 Å². The van der Waals surface area contributed by atoms with Crippen LogP contribution in [-0.4, -0.2) is 31.2 Å². The van der Waals surface area contributed by atoms with Gasteiger partial charge < -0.3 is 10.6 Å². The first-order chi connectivity index (χ1) is 13.6. The number of benzene rings is 2. The highest BCUT2D eigenvalue weighted by atomic mass is 32.2. The summed E-state index contributed by atoms with van der Waals surface area (Å²) in [5, 5.41) is 13.4. The summed E-state index contributed by atoms with van der Waals surface area (Å²) in [5.41, 5.74) is 0.0866. The molecule has 3 rings (SSSR count). The number of rotatable bonds is 4. The third kappa shape index (κ3) is 3.88. The van der Waals surface area contributed by atoms with Crippen molar-refractivity contribution in [3.05, 3.63) is 59.2 Å². The van der Waals surface area contributed by atoms with Crippen LogP contribution in [0, 0.1) is 23.0 Å². The molecule has 8 nitrogen and oxygen atoms in total. The average Bonchev–Trinajstić information content (AvgIpc) is 2.65. The Balaban J connectivity index is 1.78. The number of amides is 3. The van der Waals surface area contributed by atoms with E-state index in [2.05, 4.69) is 10.6 Å². The fourth-order valence-corrected chi connectivity index (χ4v) is 4.27. The minimum atomic E-state index is -4.46. The molecule has 0 saturated heterocycles. The Morgan fingerprint density at radius 3 is 2.66 bits per heavy atom. The fraction of sp³-hybridized carbons (Fsp3) is 0.167. The first kappa shape index (κ1) is 20.2. The summed E-state index contributed by atoms with van der Waals surface area (Å²) < 4.78 is 53.0. The van der Waals surface area contributed by atoms with E-state index in [0.717, 1.165) is 24.3 Å². The van der Waals surface area contributed by atoms with Crippen molar-refractivity contribution >= 4 is 27.6 Å². The number of urea groups is 1. The van der Waals surface area contributed by atoms with E-state index >= 15 is 0 Å². The lowest BCUT2D eigenvalue weighted by Crippen LogP contribution is -2.49. The van der Waals surface area contributed by atoms with Gasteiger partial charge in [-0.15, -0.1) is 0 Å². The van der Waals surface area contributed by atoms with Gasteiger partial charge in [0.1, 0.15) is 23.1 Å². The van der Waals surface area contributed by atoms with Crippen LogP contribution in [0.5, 0.6) is 0 Å². The predicted octanol–water partition coefficient (Wildman–Crippen LogP) is 2.25. The molecule has 29 heavy (non-hydrogen) atoms. The van der Waals surface area contributed by atoms with Gasteiger partial charge in [0.25, 0.3) is 10.0 Å². The summed E-state index contributed by atoms with van der Waals surface area (Å²) in [6.07, 6.45) is 0. The maximum absolute atomic E-state index is 14.1. The highest BCUT2D eigenvalue weighted by Crippen LogP contribution is 2.30. The average molecular weight is 420 g/mol. The van der Waals surface area contributed by atoms with E-state index in [1.807, 2.05) is 0 Å². The highest BCUT2D eigenvalue weighted by molar-refractivity contribution is 7.90. The molecule has 1 aliphatic heterocycles. The van der Waals surface area contributed by atoms with E-state index in [9.17, 15) is 26.8 Å². The summed E-state index contributed by atoms with van der Waals surface area (Å²) in [4.78, 5) is 24.0. The molecule has 0 unspecified atom stereocenters. The lowest BCUT2D eigenvalue weighted by atomic mass is 10.1. The molecule has 0 aliphatic carbocycles. The number of fused-ring (bicyclic) bond motifs is 1. The second-order valence-electron chi connectivity index (χ2n) is 6.22. The number of nitrogens with zero attached hydrogens (tertiary/aromatic N) is 2. The maximum Gasteiger partial charge on any atom is 0.336 e. The summed E-state index contributed by atoms with van der Waals surface area (Å²) >= 11 is 0. The first-order valence-electron chi connectivity index (χ1n) is 8.25. The summed E-state index contributed by atoms with van der Waals surface area (Å²) in [7, 11) is -4.46. The molecular weight excluding hydrogens is 406 g/mol. The Kier molecular flexibility index (Phi) is 5.21. The zero-order valence-electron chi connectivity index (χ0n) is 14.9. The van der Waals surface area contributed by atoms with Gasteiger partial charge in [-0.2, -0.15) is 5.26 Å². The van der Waals surface area contributed by atoms with Crippen molar-refractivity contribution in [2.75, 3.05) is 11.9 Å². The van der Waals surface area contributed by atoms with Crippen LogP contribution in [-0.2, 0) is 14.8 Å². The van der Waals surface area contributed by atoms with Gasteiger partial charge in [-0.1, -0.05) is 6.07 Å². The maximum atomic E-state index is 14.1. The number of anilines is 1. The summed E-state index contributed by atoms with van der Waals surface area (Å²) in [6.45, 7) is 0.574. The molecular formula is C18H14F2N4O4S. The topological polar surface area (TPSA) is 119 Å². The van der Waals surface area contributed by atoms with E-state index < -0.39 is 51.1 Å². The number of sulfonamides is 1. The molecule has 2 aromatic carbocycles. The van der Waals surface area contributed by atoms with E-state index in [1.165, 1.54) is 19.1 Å². The number of hydrogen-bond acceptors (Lipinski definition) is 5. The van der Waals surface area contributed by atoms with Crippen LogP contribution < -0.4 is 10.6 Å². The molecule has 0 saturated carbocycles. The molecule has 0 aromatic heterocycles. The molecule has 11 heteroatoms. The quantitative estimate of drug-likeness (QED) is 0.786. The van der Waals surface area contributed by atoms with Gasteiger partial charge in [0.15, 0.2) is 0 Å². The summed E-state index contributed by atoms with van der Waals surface area (Å²) in [6, 6.07) is 6.38. The van der Waals surface area contributed by atoms with E-state index in [4.69, 9.17) is 5.26 Å². The molecule has 2 N–H and O–H groups in total. The first-order valence-corrected chi connectivity index (χ1v) is 9.69. The predicted molar refractivity (Wildman–Crippen MR) is 97.0 cm³/mol. The van der Waals surface area contributed by atoms with Crippen molar-refractivity contribution in [1.29, 1.82) is 5.26 Å². The van der Waals surface area contributed by atoms with Crippen molar-refractivity contribution in [3.63, 3.8) is 0 Å². The standard InChI is InChI=1S/C18H14F2N4O4S/c1-10(13-4-2-11(8-21)6-14(13)20)22-17(25)9-24-18(26)23-15-5-3-12(19)7-16(15)29(24,27)28/h2-7,10H,9H2,1H3,(H,22,25)(H,23,26)/t10-/m1/s1. The van der Waals surface area contributed by atoms with Crippen LogP contribution in [0.1, 0.15) is 24.1 Å². The molecule has 2 aromatic rings. The van der Waals surface area contributed by atoms with Crippen molar-refractivity contribution < 1.29 is 26.8 Å². The Labute approximate surface area is 164 Å². The lowest BCUT2D eigenvalue weighted by molar-refractivity contribution is -0.121. The van der Waals surface area contributed by atoms with E-state index in [0.29, 0.717) is 0 Å². The van der Waals surface area contributed by atoms with E-state index in [-0.39, 0.29) is 21.1 Å². The van der Waals surface area contributed by atoms with Crippen LogP contribution in [0.25, 0.3) is 0 Å². The van der Waals surface area contributed by atoms with Crippen LogP contribution in [0.3, 0.4) is 0 Å². The molecule has 0 fully saturated rings. The van der Waals surface area contributed by atoms with Crippen LogP contribution in [0.4, 0.5) is 19.3 Å². The highest BCUT2D eigenvalue weighted by Gasteiger charge is 2.38. The lowest BCUT2D eigenvalue weighted by Gasteiger charge is -2.28. The Bertz CT molecular complexity index is 1160. The Morgan fingerprint density at radius 1 is 1.28 bits per heavy atom.